The fourth-order valence-electron chi connectivity index (χ4n) is 2.27. The van der Waals surface area contributed by atoms with Crippen molar-refractivity contribution in [1.29, 1.82) is 0 Å². The Balaban J connectivity index is 1.95. The molecule has 0 aromatic carbocycles. The van der Waals surface area contributed by atoms with Crippen LogP contribution in [0.25, 0.3) is 0 Å². The highest BCUT2D eigenvalue weighted by molar-refractivity contribution is 5.92. The average molecular weight is 251 g/mol. The number of aryl methyl sites for hydroxylation is 1. The molecule has 1 aromatic heterocycles. The third-order valence-electron chi connectivity index (χ3n) is 3.25. The minimum absolute atomic E-state index is 0.0326. The molecule has 0 unspecified atom stereocenters. The average Bonchev–Trinajstić information content (AvgIpc) is 2.65. The molecular formula is C12H21N5O. The fourth-order valence-corrected chi connectivity index (χ4v) is 2.27. The molecular weight excluding hydrogens is 230 g/mol. The number of carbonyl (C=O) groups is 1. The highest BCUT2D eigenvalue weighted by atomic mass is 16.2. The first-order valence-corrected chi connectivity index (χ1v) is 6.40. The summed E-state index contributed by atoms with van der Waals surface area (Å²) in [6.45, 7) is 5.06. The Kier molecular flexibility index (Phi) is 4.33. The van der Waals surface area contributed by atoms with Crippen LogP contribution in [0.3, 0.4) is 0 Å². The van der Waals surface area contributed by atoms with Crippen LogP contribution in [0.2, 0.25) is 0 Å². The summed E-state index contributed by atoms with van der Waals surface area (Å²) < 4.78 is 1.80. The van der Waals surface area contributed by atoms with E-state index in [1.54, 1.807) is 17.1 Å². The van der Waals surface area contributed by atoms with E-state index in [-0.39, 0.29) is 5.91 Å². The van der Waals surface area contributed by atoms with Crippen molar-refractivity contribution in [1.82, 2.24) is 19.4 Å². The zero-order valence-electron chi connectivity index (χ0n) is 10.9. The lowest BCUT2D eigenvalue weighted by Gasteiger charge is -2.20. The van der Waals surface area contributed by atoms with Gasteiger partial charge < -0.3 is 20.1 Å². The maximum atomic E-state index is 12.2. The van der Waals surface area contributed by atoms with Gasteiger partial charge >= 0.3 is 0 Å². The number of hydrogen-bond acceptors (Lipinski definition) is 4. The van der Waals surface area contributed by atoms with E-state index < -0.39 is 0 Å². The first-order valence-electron chi connectivity index (χ1n) is 6.40. The third-order valence-corrected chi connectivity index (χ3v) is 3.25. The van der Waals surface area contributed by atoms with Crippen molar-refractivity contribution in [2.24, 2.45) is 12.8 Å². The van der Waals surface area contributed by atoms with Crippen LogP contribution in [0.4, 0.5) is 0 Å². The van der Waals surface area contributed by atoms with Crippen molar-refractivity contribution in [3.63, 3.8) is 0 Å². The molecule has 1 aliphatic rings. The van der Waals surface area contributed by atoms with Gasteiger partial charge in [0.1, 0.15) is 5.69 Å². The fraction of sp³-hybridized carbons (Fsp3) is 0.667. The van der Waals surface area contributed by atoms with E-state index in [9.17, 15) is 4.79 Å². The van der Waals surface area contributed by atoms with Gasteiger partial charge in [0.2, 0.25) is 0 Å². The maximum absolute atomic E-state index is 12.2. The molecule has 1 saturated heterocycles. The summed E-state index contributed by atoms with van der Waals surface area (Å²) in [5.74, 6) is 0.0326. The summed E-state index contributed by atoms with van der Waals surface area (Å²) in [4.78, 5) is 20.6. The molecule has 0 bridgehead atoms. The number of carbonyl (C=O) groups excluding carboxylic acids is 1. The Morgan fingerprint density at radius 1 is 1.39 bits per heavy atom. The van der Waals surface area contributed by atoms with Gasteiger partial charge in [-0.3, -0.25) is 4.79 Å². The molecule has 1 amide bonds. The van der Waals surface area contributed by atoms with Crippen molar-refractivity contribution in [3.8, 4) is 0 Å². The summed E-state index contributed by atoms with van der Waals surface area (Å²) in [7, 11) is 1.87. The first kappa shape index (κ1) is 13.0. The van der Waals surface area contributed by atoms with Crippen LogP contribution in [-0.4, -0.2) is 64.5 Å². The number of amides is 1. The van der Waals surface area contributed by atoms with E-state index in [1.807, 2.05) is 11.9 Å². The van der Waals surface area contributed by atoms with Crippen LogP contribution in [0.5, 0.6) is 0 Å². The Morgan fingerprint density at radius 3 is 2.89 bits per heavy atom. The maximum Gasteiger partial charge on any atom is 0.274 e. The Morgan fingerprint density at radius 2 is 2.22 bits per heavy atom. The molecule has 1 aliphatic heterocycles. The van der Waals surface area contributed by atoms with Crippen molar-refractivity contribution >= 4 is 5.91 Å². The summed E-state index contributed by atoms with van der Waals surface area (Å²) in [6, 6.07) is 0. The van der Waals surface area contributed by atoms with Gasteiger partial charge in [0.05, 0.1) is 6.33 Å². The smallest absolute Gasteiger partial charge is 0.274 e. The second kappa shape index (κ2) is 5.97. The molecule has 0 spiro atoms. The monoisotopic (exact) mass is 251 g/mol. The van der Waals surface area contributed by atoms with Crippen molar-refractivity contribution < 1.29 is 4.79 Å². The Hall–Kier alpha value is -1.40. The summed E-state index contributed by atoms with van der Waals surface area (Å²) in [6.07, 6.45) is 4.43. The number of hydrogen-bond donors (Lipinski definition) is 1. The predicted octanol–water partition coefficient (Wildman–Crippen LogP) is -0.473. The minimum atomic E-state index is 0.0326. The number of nitrogens with zero attached hydrogens (tertiary/aromatic N) is 4. The lowest BCUT2D eigenvalue weighted by atomic mass is 10.3. The molecule has 2 N–H and O–H groups in total. The molecule has 0 atom stereocenters. The molecule has 1 fully saturated rings. The molecule has 0 saturated carbocycles. The van der Waals surface area contributed by atoms with E-state index >= 15 is 0 Å². The lowest BCUT2D eigenvalue weighted by Crippen LogP contribution is -2.36. The van der Waals surface area contributed by atoms with Gasteiger partial charge in [0, 0.05) is 46.0 Å². The standard InChI is InChI=1S/C12H21N5O/c1-15-9-11(14-10-15)12(18)17-5-2-4-16(6-3-13)7-8-17/h9-10H,2-8,13H2,1H3. The van der Waals surface area contributed by atoms with E-state index in [2.05, 4.69) is 9.88 Å². The predicted molar refractivity (Wildman–Crippen MR) is 69.2 cm³/mol. The summed E-state index contributed by atoms with van der Waals surface area (Å²) in [5.41, 5.74) is 6.10. The first-order chi connectivity index (χ1) is 8.70. The summed E-state index contributed by atoms with van der Waals surface area (Å²) >= 11 is 0. The van der Waals surface area contributed by atoms with E-state index in [0.29, 0.717) is 12.2 Å². The van der Waals surface area contributed by atoms with E-state index in [4.69, 9.17) is 5.73 Å². The van der Waals surface area contributed by atoms with Gasteiger partial charge in [-0.2, -0.15) is 0 Å². The van der Waals surface area contributed by atoms with Crippen LogP contribution in [0.1, 0.15) is 16.9 Å². The lowest BCUT2D eigenvalue weighted by molar-refractivity contribution is 0.0756. The molecule has 100 valence electrons. The largest absolute Gasteiger partial charge is 0.340 e. The number of imidazole rings is 1. The number of nitrogens with two attached hydrogens (primary N) is 1. The van der Waals surface area contributed by atoms with Crippen LogP contribution < -0.4 is 5.73 Å². The SMILES string of the molecule is Cn1cnc(C(=O)N2CCCN(CCN)CC2)c1. The zero-order valence-corrected chi connectivity index (χ0v) is 10.9. The minimum Gasteiger partial charge on any atom is -0.340 e. The Labute approximate surface area is 107 Å². The van der Waals surface area contributed by atoms with Gasteiger partial charge in [-0.25, -0.2) is 4.98 Å². The van der Waals surface area contributed by atoms with Crippen LogP contribution in [-0.2, 0) is 7.05 Å². The number of aromatic nitrogens is 2. The normalized spacial score (nSPS) is 17.8. The van der Waals surface area contributed by atoms with E-state index in [1.165, 1.54) is 0 Å². The molecule has 6 heteroatoms. The van der Waals surface area contributed by atoms with Crippen molar-refractivity contribution in [2.75, 3.05) is 39.3 Å². The zero-order chi connectivity index (χ0) is 13.0. The second-order valence-electron chi connectivity index (χ2n) is 4.70. The quantitative estimate of drug-likeness (QED) is 0.788. The van der Waals surface area contributed by atoms with Gasteiger partial charge in [0.15, 0.2) is 0 Å². The van der Waals surface area contributed by atoms with E-state index in [0.717, 1.165) is 39.1 Å². The van der Waals surface area contributed by atoms with Gasteiger partial charge in [-0.05, 0) is 13.0 Å². The molecule has 0 radical (unpaired) electrons. The van der Waals surface area contributed by atoms with Gasteiger partial charge in [-0.1, -0.05) is 0 Å². The highest BCUT2D eigenvalue weighted by Gasteiger charge is 2.21. The molecule has 2 heterocycles. The van der Waals surface area contributed by atoms with Gasteiger partial charge in [-0.15, -0.1) is 0 Å². The van der Waals surface area contributed by atoms with Gasteiger partial charge in [0.25, 0.3) is 5.91 Å². The topological polar surface area (TPSA) is 67.4 Å². The number of rotatable bonds is 3. The summed E-state index contributed by atoms with van der Waals surface area (Å²) in [5, 5.41) is 0. The second-order valence-corrected chi connectivity index (χ2v) is 4.70. The highest BCUT2D eigenvalue weighted by Crippen LogP contribution is 2.07. The molecule has 1 aromatic rings. The van der Waals surface area contributed by atoms with Crippen molar-refractivity contribution in [2.45, 2.75) is 6.42 Å². The Bertz CT molecular complexity index is 403. The van der Waals surface area contributed by atoms with Crippen molar-refractivity contribution in [3.05, 3.63) is 18.2 Å². The molecule has 2 rings (SSSR count). The molecule has 18 heavy (non-hydrogen) atoms. The molecule has 0 aliphatic carbocycles. The van der Waals surface area contributed by atoms with Crippen LogP contribution in [0.15, 0.2) is 12.5 Å². The molecule has 6 nitrogen and oxygen atoms in total. The van der Waals surface area contributed by atoms with Crippen LogP contribution in [0, 0.1) is 0 Å². The van der Waals surface area contributed by atoms with Crippen LogP contribution >= 0.6 is 0 Å². The third kappa shape index (κ3) is 3.08.